The van der Waals surface area contributed by atoms with E-state index in [1.54, 1.807) is 12.4 Å². The van der Waals surface area contributed by atoms with Crippen molar-refractivity contribution < 1.29 is 0 Å². The van der Waals surface area contributed by atoms with Crippen LogP contribution in [-0.2, 0) is 0 Å². The minimum absolute atomic E-state index is 0.769. The zero-order chi connectivity index (χ0) is 10.1. The summed E-state index contributed by atoms with van der Waals surface area (Å²) in [5.74, 6) is 0.843. The van der Waals surface area contributed by atoms with Crippen LogP contribution in [0.3, 0.4) is 0 Å². The van der Waals surface area contributed by atoms with Crippen molar-refractivity contribution >= 4 is 21.6 Å². The molecule has 0 aliphatic rings. The van der Waals surface area contributed by atoms with E-state index in [-0.39, 0.29) is 0 Å². The molecule has 0 atom stereocenters. The highest BCUT2D eigenvalue weighted by Gasteiger charge is 2.07. The number of aromatic amines is 1. The van der Waals surface area contributed by atoms with Crippen molar-refractivity contribution in [3.63, 3.8) is 0 Å². The fraction of sp³-hybridized carbons (Fsp3) is 0.100. The van der Waals surface area contributed by atoms with Crippen LogP contribution in [0.25, 0.3) is 11.4 Å². The van der Waals surface area contributed by atoms with E-state index in [2.05, 4.69) is 25.9 Å². The molecule has 3 N–H and O–H groups in total. The zero-order valence-electron chi connectivity index (χ0n) is 7.71. The molecule has 0 unspecified atom stereocenters. The molecule has 0 bridgehead atoms. The van der Waals surface area contributed by atoms with Gasteiger partial charge in [0.15, 0.2) is 0 Å². The van der Waals surface area contributed by atoms with Gasteiger partial charge in [-0.3, -0.25) is 0 Å². The van der Waals surface area contributed by atoms with Gasteiger partial charge in [0, 0.05) is 28.1 Å². The molecule has 0 aliphatic heterocycles. The molecule has 0 fully saturated rings. The highest BCUT2D eigenvalue weighted by atomic mass is 79.9. The van der Waals surface area contributed by atoms with Crippen LogP contribution in [0, 0.1) is 6.92 Å². The summed E-state index contributed by atoms with van der Waals surface area (Å²) in [6.45, 7) is 1.99. The number of H-pyrrole nitrogens is 1. The molecule has 0 saturated carbocycles. The predicted molar refractivity (Wildman–Crippen MR) is 60.9 cm³/mol. The van der Waals surface area contributed by atoms with Crippen LogP contribution in [0.1, 0.15) is 5.56 Å². The highest BCUT2D eigenvalue weighted by Crippen LogP contribution is 2.28. The largest absolute Gasteiger partial charge is 0.398 e. The van der Waals surface area contributed by atoms with E-state index >= 15 is 0 Å². The van der Waals surface area contributed by atoms with E-state index in [4.69, 9.17) is 5.73 Å². The molecule has 0 saturated heterocycles. The molecule has 4 heteroatoms. The second-order valence-electron chi connectivity index (χ2n) is 3.11. The van der Waals surface area contributed by atoms with Crippen molar-refractivity contribution in [2.75, 3.05) is 5.73 Å². The van der Waals surface area contributed by atoms with E-state index in [9.17, 15) is 0 Å². The Hall–Kier alpha value is -1.29. The monoisotopic (exact) mass is 251 g/mol. The fourth-order valence-corrected chi connectivity index (χ4v) is 1.83. The number of halogens is 1. The molecular weight excluding hydrogens is 242 g/mol. The maximum atomic E-state index is 5.86. The smallest absolute Gasteiger partial charge is 0.137 e. The van der Waals surface area contributed by atoms with Crippen molar-refractivity contribution in [2.45, 2.75) is 6.92 Å². The van der Waals surface area contributed by atoms with Crippen molar-refractivity contribution in [2.24, 2.45) is 0 Å². The van der Waals surface area contributed by atoms with E-state index < -0.39 is 0 Å². The summed E-state index contributed by atoms with van der Waals surface area (Å²) < 4.78 is 0.965. The zero-order valence-corrected chi connectivity index (χ0v) is 9.30. The van der Waals surface area contributed by atoms with Crippen LogP contribution < -0.4 is 5.73 Å². The van der Waals surface area contributed by atoms with Gasteiger partial charge in [0.2, 0.25) is 0 Å². The molecule has 0 amide bonds. The quantitative estimate of drug-likeness (QED) is 0.766. The lowest BCUT2D eigenvalue weighted by atomic mass is 10.1. The van der Waals surface area contributed by atoms with Gasteiger partial charge in [0.1, 0.15) is 5.82 Å². The van der Waals surface area contributed by atoms with Crippen LogP contribution in [0.4, 0.5) is 5.69 Å². The van der Waals surface area contributed by atoms with Crippen LogP contribution in [0.15, 0.2) is 29.0 Å². The van der Waals surface area contributed by atoms with Gasteiger partial charge < -0.3 is 10.7 Å². The number of aromatic nitrogens is 2. The first-order chi connectivity index (χ1) is 6.68. The molecule has 72 valence electrons. The van der Waals surface area contributed by atoms with Crippen LogP contribution in [0.5, 0.6) is 0 Å². The number of hydrogen-bond acceptors (Lipinski definition) is 2. The standard InChI is InChI=1S/C10H10BrN3/c1-6-8(10-13-2-3-14-10)4-7(11)5-9(6)12/h2-5H,12H2,1H3,(H,13,14). The molecule has 0 spiro atoms. The summed E-state index contributed by atoms with van der Waals surface area (Å²) >= 11 is 3.41. The first kappa shape index (κ1) is 9.27. The fourth-order valence-electron chi connectivity index (χ4n) is 1.36. The van der Waals surface area contributed by atoms with Gasteiger partial charge in [-0.2, -0.15) is 0 Å². The minimum atomic E-state index is 0.769. The Labute approximate surface area is 90.5 Å². The summed E-state index contributed by atoms with van der Waals surface area (Å²) in [7, 11) is 0. The number of benzene rings is 1. The van der Waals surface area contributed by atoms with Crippen molar-refractivity contribution in [3.8, 4) is 11.4 Å². The normalized spacial score (nSPS) is 10.4. The van der Waals surface area contributed by atoms with Gasteiger partial charge in [-0.15, -0.1) is 0 Å². The lowest BCUT2D eigenvalue weighted by Crippen LogP contribution is -1.93. The van der Waals surface area contributed by atoms with Gasteiger partial charge in [-0.1, -0.05) is 15.9 Å². The number of hydrogen-bond donors (Lipinski definition) is 2. The van der Waals surface area contributed by atoms with Crippen LogP contribution in [-0.4, -0.2) is 9.97 Å². The van der Waals surface area contributed by atoms with E-state index in [1.807, 2.05) is 19.1 Å². The molecule has 2 rings (SSSR count). The molecule has 2 aromatic rings. The maximum Gasteiger partial charge on any atom is 0.137 e. The molecule has 1 heterocycles. The summed E-state index contributed by atoms with van der Waals surface area (Å²) in [6.07, 6.45) is 3.53. The summed E-state index contributed by atoms with van der Waals surface area (Å²) in [5, 5.41) is 0. The molecular formula is C10H10BrN3. The van der Waals surface area contributed by atoms with Crippen molar-refractivity contribution in [3.05, 3.63) is 34.6 Å². The third-order valence-corrected chi connectivity index (χ3v) is 2.62. The molecule has 14 heavy (non-hydrogen) atoms. The molecule has 1 aromatic heterocycles. The highest BCUT2D eigenvalue weighted by molar-refractivity contribution is 9.10. The number of rotatable bonds is 1. The molecule has 0 aliphatic carbocycles. The molecule has 0 radical (unpaired) electrons. The first-order valence-electron chi connectivity index (χ1n) is 4.24. The molecule has 3 nitrogen and oxygen atoms in total. The van der Waals surface area contributed by atoms with Gasteiger partial charge in [-0.05, 0) is 24.6 Å². The third kappa shape index (κ3) is 1.53. The van der Waals surface area contributed by atoms with Gasteiger partial charge in [0.25, 0.3) is 0 Å². The molecule has 1 aromatic carbocycles. The second kappa shape index (κ2) is 3.46. The predicted octanol–water partition coefficient (Wildman–Crippen LogP) is 2.73. The average molecular weight is 252 g/mol. The van der Waals surface area contributed by atoms with E-state index in [0.29, 0.717) is 0 Å². The summed E-state index contributed by atoms with van der Waals surface area (Å²) in [6, 6.07) is 3.90. The average Bonchev–Trinajstić information content (AvgIpc) is 2.63. The summed E-state index contributed by atoms with van der Waals surface area (Å²) in [5.41, 5.74) is 8.70. The Bertz CT molecular complexity index is 449. The number of nitrogen functional groups attached to an aromatic ring is 1. The SMILES string of the molecule is Cc1c(N)cc(Br)cc1-c1ncc[nH]1. The first-order valence-corrected chi connectivity index (χ1v) is 5.03. The third-order valence-electron chi connectivity index (χ3n) is 2.17. The topological polar surface area (TPSA) is 54.7 Å². The number of nitrogens with one attached hydrogen (secondary N) is 1. The lowest BCUT2D eigenvalue weighted by molar-refractivity contribution is 1.28. The minimum Gasteiger partial charge on any atom is -0.398 e. The Balaban J connectivity index is 2.64. The van der Waals surface area contributed by atoms with Gasteiger partial charge in [-0.25, -0.2) is 4.98 Å². The Kier molecular flexibility index (Phi) is 2.29. The number of nitrogens with two attached hydrogens (primary N) is 1. The van der Waals surface area contributed by atoms with E-state index in [1.165, 1.54) is 0 Å². The van der Waals surface area contributed by atoms with Gasteiger partial charge >= 0.3 is 0 Å². The number of nitrogens with zero attached hydrogens (tertiary/aromatic N) is 1. The number of anilines is 1. The Morgan fingerprint density at radius 1 is 1.43 bits per heavy atom. The Morgan fingerprint density at radius 3 is 2.86 bits per heavy atom. The maximum absolute atomic E-state index is 5.86. The van der Waals surface area contributed by atoms with Crippen molar-refractivity contribution in [1.82, 2.24) is 9.97 Å². The lowest BCUT2D eigenvalue weighted by Gasteiger charge is -2.06. The van der Waals surface area contributed by atoms with Gasteiger partial charge in [0.05, 0.1) is 0 Å². The van der Waals surface area contributed by atoms with E-state index in [0.717, 1.165) is 27.1 Å². The Morgan fingerprint density at radius 2 is 2.21 bits per heavy atom. The van der Waals surface area contributed by atoms with Crippen LogP contribution >= 0.6 is 15.9 Å². The van der Waals surface area contributed by atoms with Crippen molar-refractivity contribution in [1.29, 1.82) is 0 Å². The summed E-state index contributed by atoms with van der Waals surface area (Å²) in [4.78, 5) is 7.26. The number of imidazole rings is 1. The second-order valence-corrected chi connectivity index (χ2v) is 4.02. The van der Waals surface area contributed by atoms with Crippen LogP contribution in [0.2, 0.25) is 0 Å².